The van der Waals surface area contributed by atoms with Crippen LogP contribution in [0.4, 0.5) is 5.69 Å². The normalized spacial score (nSPS) is 10.2. The van der Waals surface area contributed by atoms with Crippen LogP contribution >= 0.6 is 0 Å². The zero-order valence-corrected chi connectivity index (χ0v) is 13.3. The minimum Gasteiger partial charge on any atom is -0.489 e. The van der Waals surface area contributed by atoms with Crippen molar-refractivity contribution in [3.63, 3.8) is 0 Å². The number of non-ortho nitro benzene ring substituents is 1. The molecule has 5 nitrogen and oxygen atoms in total. The van der Waals surface area contributed by atoms with E-state index in [1.54, 1.807) is 48.5 Å². The molecule has 0 radical (unpaired) electrons. The maximum Gasteiger partial charge on any atom is 0.269 e. The predicted molar refractivity (Wildman–Crippen MR) is 93.7 cm³/mol. The van der Waals surface area contributed by atoms with Crippen molar-refractivity contribution in [3.05, 3.63) is 106 Å². The average Bonchev–Trinajstić information content (AvgIpc) is 2.67. The van der Waals surface area contributed by atoms with E-state index in [9.17, 15) is 14.9 Å². The van der Waals surface area contributed by atoms with Crippen LogP contribution in [0.2, 0.25) is 0 Å². The SMILES string of the molecule is O=C(c1ccccc1)c1ccc(OCc2ccc([N+](=O)[O-])cc2)cc1. The number of carbonyl (C=O) groups excluding carboxylic acids is 1. The largest absolute Gasteiger partial charge is 0.489 e. The van der Waals surface area contributed by atoms with Crippen molar-refractivity contribution in [2.75, 3.05) is 0 Å². The first-order valence-electron chi connectivity index (χ1n) is 7.69. The Morgan fingerprint density at radius 1 is 0.840 bits per heavy atom. The molecule has 0 saturated heterocycles. The highest BCUT2D eigenvalue weighted by Gasteiger charge is 2.08. The van der Waals surface area contributed by atoms with Crippen molar-refractivity contribution in [1.29, 1.82) is 0 Å². The van der Waals surface area contributed by atoms with Crippen molar-refractivity contribution >= 4 is 11.5 Å². The minimum atomic E-state index is -0.437. The molecule has 0 saturated carbocycles. The van der Waals surface area contributed by atoms with Gasteiger partial charge in [-0.15, -0.1) is 0 Å². The second kappa shape index (κ2) is 7.40. The molecule has 0 aliphatic heterocycles. The van der Waals surface area contributed by atoms with E-state index >= 15 is 0 Å². The second-order valence-electron chi connectivity index (χ2n) is 5.43. The molecule has 124 valence electrons. The van der Waals surface area contributed by atoms with Gasteiger partial charge in [0.15, 0.2) is 5.78 Å². The molecule has 0 spiro atoms. The quantitative estimate of drug-likeness (QED) is 0.381. The van der Waals surface area contributed by atoms with Crippen LogP contribution in [0.3, 0.4) is 0 Å². The number of hydrogen-bond donors (Lipinski definition) is 0. The Kier molecular flexibility index (Phi) is 4.85. The summed E-state index contributed by atoms with van der Waals surface area (Å²) in [4.78, 5) is 22.5. The molecule has 0 aliphatic rings. The Labute approximate surface area is 144 Å². The molecule has 0 bridgehead atoms. The van der Waals surface area contributed by atoms with Gasteiger partial charge in [0.05, 0.1) is 4.92 Å². The summed E-state index contributed by atoms with van der Waals surface area (Å²) in [6.45, 7) is 0.296. The van der Waals surface area contributed by atoms with Gasteiger partial charge in [-0.25, -0.2) is 0 Å². The van der Waals surface area contributed by atoms with E-state index in [2.05, 4.69) is 0 Å². The fraction of sp³-hybridized carbons (Fsp3) is 0.0500. The first-order valence-corrected chi connectivity index (χ1v) is 7.69. The number of ether oxygens (including phenoxy) is 1. The zero-order valence-electron chi connectivity index (χ0n) is 13.3. The van der Waals surface area contributed by atoms with Crippen LogP contribution in [0, 0.1) is 10.1 Å². The van der Waals surface area contributed by atoms with Gasteiger partial charge in [0.2, 0.25) is 0 Å². The van der Waals surface area contributed by atoms with E-state index in [1.807, 2.05) is 18.2 Å². The summed E-state index contributed by atoms with van der Waals surface area (Å²) in [5, 5.41) is 10.6. The van der Waals surface area contributed by atoms with Crippen LogP contribution in [0.15, 0.2) is 78.9 Å². The summed E-state index contributed by atoms with van der Waals surface area (Å²) in [7, 11) is 0. The molecular formula is C20H15NO4. The Morgan fingerprint density at radius 2 is 1.44 bits per heavy atom. The molecule has 3 rings (SSSR count). The molecule has 0 fully saturated rings. The summed E-state index contributed by atoms with van der Waals surface area (Å²) in [5.41, 5.74) is 2.11. The van der Waals surface area contributed by atoms with Crippen molar-refractivity contribution in [1.82, 2.24) is 0 Å². The summed E-state index contributed by atoms with van der Waals surface area (Å²) in [6.07, 6.45) is 0. The lowest BCUT2D eigenvalue weighted by Crippen LogP contribution is -2.01. The lowest BCUT2D eigenvalue weighted by atomic mass is 10.0. The summed E-state index contributed by atoms with van der Waals surface area (Å²) in [6, 6.07) is 22.2. The average molecular weight is 333 g/mol. The summed E-state index contributed by atoms with van der Waals surface area (Å²) >= 11 is 0. The van der Waals surface area contributed by atoms with Gasteiger partial charge < -0.3 is 4.74 Å². The minimum absolute atomic E-state index is 0.0393. The molecule has 0 atom stereocenters. The van der Waals surface area contributed by atoms with E-state index < -0.39 is 4.92 Å². The first kappa shape index (κ1) is 16.4. The van der Waals surface area contributed by atoms with E-state index in [0.717, 1.165) is 5.56 Å². The number of hydrogen-bond acceptors (Lipinski definition) is 4. The monoisotopic (exact) mass is 333 g/mol. The standard InChI is InChI=1S/C20H15NO4/c22-20(16-4-2-1-3-5-16)17-8-12-19(13-9-17)25-14-15-6-10-18(11-7-15)21(23)24/h1-13H,14H2. The maximum absolute atomic E-state index is 12.3. The van der Waals surface area contributed by atoms with Crippen molar-refractivity contribution < 1.29 is 14.5 Å². The third-order valence-electron chi connectivity index (χ3n) is 3.71. The number of nitro groups is 1. The topological polar surface area (TPSA) is 69.4 Å². The van der Waals surface area contributed by atoms with Gasteiger partial charge in [-0.3, -0.25) is 14.9 Å². The highest BCUT2D eigenvalue weighted by atomic mass is 16.6. The molecule has 3 aromatic carbocycles. The highest BCUT2D eigenvalue weighted by Crippen LogP contribution is 2.18. The third-order valence-corrected chi connectivity index (χ3v) is 3.71. The Bertz CT molecular complexity index is 872. The molecule has 0 aromatic heterocycles. The van der Waals surface area contributed by atoms with E-state index in [0.29, 0.717) is 23.5 Å². The van der Waals surface area contributed by atoms with Crippen LogP contribution in [0.5, 0.6) is 5.75 Å². The molecule has 0 amide bonds. The Hall–Kier alpha value is -3.47. The van der Waals surface area contributed by atoms with Crippen molar-refractivity contribution in [3.8, 4) is 5.75 Å². The molecule has 25 heavy (non-hydrogen) atoms. The molecule has 0 aliphatic carbocycles. The Morgan fingerprint density at radius 3 is 2.04 bits per heavy atom. The van der Waals surface area contributed by atoms with E-state index in [4.69, 9.17) is 4.74 Å². The predicted octanol–water partition coefficient (Wildman–Crippen LogP) is 4.40. The van der Waals surface area contributed by atoms with E-state index in [1.165, 1.54) is 12.1 Å². The second-order valence-corrected chi connectivity index (χ2v) is 5.43. The summed E-state index contributed by atoms with van der Waals surface area (Å²) in [5.74, 6) is 0.588. The molecule has 3 aromatic rings. The number of rotatable bonds is 6. The number of nitrogens with zero attached hydrogens (tertiary/aromatic N) is 1. The molecule has 0 N–H and O–H groups in total. The zero-order chi connectivity index (χ0) is 17.6. The highest BCUT2D eigenvalue weighted by molar-refractivity contribution is 6.08. The molecule has 0 heterocycles. The van der Waals surface area contributed by atoms with Gasteiger partial charge in [0.1, 0.15) is 12.4 Å². The number of ketones is 1. The van der Waals surface area contributed by atoms with Crippen LogP contribution in [0.25, 0.3) is 0 Å². The fourth-order valence-electron chi connectivity index (χ4n) is 2.34. The van der Waals surface area contributed by atoms with Crippen LogP contribution in [-0.4, -0.2) is 10.7 Å². The smallest absolute Gasteiger partial charge is 0.269 e. The van der Waals surface area contributed by atoms with Crippen LogP contribution in [0.1, 0.15) is 21.5 Å². The number of carbonyl (C=O) groups is 1. The lowest BCUT2D eigenvalue weighted by molar-refractivity contribution is -0.384. The van der Waals surface area contributed by atoms with Crippen LogP contribution in [-0.2, 0) is 6.61 Å². The third kappa shape index (κ3) is 4.09. The van der Waals surface area contributed by atoms with Crippen LogP contribution < -0.4 is 4.74 Å². The fourth-order valence-corrected chi connectivity index (χ4v) is 2.34. The van der Waals surface area contributed by atoms with Crippen molar-refractivity contribution in [2.45, 2.75) is 6.61 Å². The number of benzene rings is 3. The molecular weight excluding hydrogens is 318 g/mol. The number of nitro benzene ring substituents is 1. The van der Waals surface area contributed by atoms with E-state index in [-0.39, 0.29) is 11.5 Å². The maximum atomic E-state index is 12.3. The van der Waals surface area contributed by atoms with Gasteiger partial charge in [-0.1, -0.05) is 30.3 Å². The van der Waals surface area contributed by atoms with Gasteiger partial charge in [0.25, 0.3) is 5.69 Å². The molecule has 0 unspecified atom stereocenters. The Balaban J connectivity index is 1.63. The van der Waals surface area contributed by atoms with Gasteiger partial charge >= 0.3 is 0 Å². The van der Waals surface area contributed by atoms with Crippen molar-refractivity contribution in [2.24, 2.45) is 0 Å². The van der Waals surface area contributed by atoms with Gasteiger partial charge in [-0.05, 0) is 42.0 Å². The summed E-state index contributed by atoms with van der Waals surface area (Å²) < 4.78 is 5.65. The lowest BCUT2D eigenvalue weighted by Gasteiger charge is -2.07. The van der Waals surface area contributed by atoms with Gasteiger partial charge in [0, 0.05) is 23.3 Å². The first-order chi connectivity index (χ1) is 12.1. The van der Waals surface area contributed by atoms with Gasteiger partial charge in [-0.2, -0.15) is 0 Å². The molecule has 5 heteroatoms.